The van der Waals surface area contributed by atoms with Crippen LogP contribution in [0.15, 0.2) is 18.2 Å². The molecule has 1 saturated carbocycles. The van der Waals surface area contributed by atoms with Crippen LogP contribution in [0.25, 0.3) is 0 Å². The second-order valence-electron chi connectivity index (χ2n) is 6.67. The van der Waals surface area contributed by atoms with Crippen LogP contribution in [0.1, 0.15) is 36.8 Å². The van der Waals surface area contributed by atoms with Gasteiger partial charge in [-0.05, 0) is 30.0 Å². The molecule has 2 aliphatic rings. The van der Waals surface area contributed by atoms with Crippen molar-refractivity contribution in [1.82, 2.24) is 10.2 Å². The summed E-state index contributed by atoms with van der Waals surface area (Å²) >= 11 is 0. The lowest BCUT2D eigenvalue weighted by molar-refractivity contribution is -0.133. The zero-order valence-electron chi connectivity index (χ0n) is 15.0. The number of carbonyl (C=O) groups excluding carboxylic acids is 1. The van der Waals surface area contributed by atoms with Crippen LogP contribution < -0.4 is 10.1 Å². The van der Waals surface area contributed by atoms with Gasteiger partial charge in [0.05, 0.1) is 19.8 Å². The van der Waals surface area contributed by atoms with Gasteiger partial charge in [0.15, 0.2) is 0 Å². The van der Waals surface area contributed by atoms with Crippen LogP contribution in [0.5, 0.6) is 5.75 Å². The summed E-state index contributed by atoms with van der Waals surface area (Å²) in [5.41, 5.74) is 2.47. The van der Waals surface area contributed by atoms with E-state index in [-0.39, 0.29) is 18.3 Å². The molecule has 0 unspecified atom stereocenters. The van der Waals surface area contributed by atoms with Crippen LogP contribution in [0, 0.1) is 0 Å². The minimum atomic E-state index is 0. The van der Waals surface area contributed by atoms with E-state index in [1.807, 2.05) is 6.07 Å². The van der Waals surface area contributed by atoms with E-state index < -0.39 is 0 Å². The molecule has 25 heavy (non-hydrogen) atoms. The molecule has 1 aromatic rings. The first-order chi connectivity index (χ1) is 11.8. The fourth-order valence-electron chi connectivity index (χ4n) is 3.64. The van der Waals surface area contributed by atoms with Gasteiger partial charge in [0.2, 0.25) is 5.91 Å². The van der Waals surface area contributed by atoms with E-state index in [0.717, 1.165) is 31.6 Å². The van der Waals surface area contributed by atoms with Crippen molar-refractivity contribution in [2.45, 2.75) is 44.7 Å². The molecule has 1 aromatic carbocycles. The Balaban J connectivity index is 0.00000225. The third-order valence-corrected chi connectivity index (χ3v) is 4.95. The molecule has 1 amide bonds. The summed E-state index contributed by atoms with van der Waals surface area (Å²) in [6.45, 7) is 3.18. The smallest absolute Gasteiger partial charge is 0.237 e. The van der Waals surface area contributed by atoms with Crippen LogP contribution in [0.3, 0.4) is 0 Å². The Morgan fingerprint density at radius 1 is 1.36 bits per heavy atom. The van der Waals surface area contributed by atoms with Crippen LogP contribution in [-0.4, -0.2) is 50.3 Å². The maximum atomic E-state index is 12.7. The molecule has 3 rings (SSSR count). The normalized spacial score (nSPS) is 16.2. The number of carbonyl (C=O) groups is 1. The van der Waals surface area contributed by atoms with Gasteiger partial charge >= 0.3 is 0 Å². The molecule has 6 heteroatoms. The van der Waals surface area contributed by atoms with Crippen LogP contribution in [-0.2, 0) is 22.5 Å². The number of amides is 1. The van der Waals surface area contributed by atoms with Gasteiger partial charge in [-0.1, -0.05) is 25.0 Å². The highest BCUT2D eigenvalue weighted by molar-refractivity contribution is 5.85. The van der Waals surface area contributed by atoms with Crippen molar-refractivity contribution in [3.05, 3.63) is 29.3 Å². The fraction of sp³-hybridized carbons (Fsp3) is 0.632. The highest BCUT2D eigenvalue weighted by Gasteiger charge is 2.26. The van der Waals surface area contributed by atoms with Gasteiger partial charge in [-0.3, -0.25) is 4.79 Å². The summed E-state index contributed by atoms with van der Waals surface area (Å²) in [7, 11) is 1.67. The maximum Gasteiger partial charge on any atom is 0.237 e. The highest BCUT2D eigenvalue weighted by Crippen LogP contribution is 2.29. The minimum Gasteiger partial charge on any atom is -0.493 e. The van der Waals surface area contributed by atoms with E-state index in [9.17, 15) is 4.79 Å². The van der Waals surface area contributed by atoms with Crippen LogP contribution >= 0.6 is 12.4 Å². The van der Waals surface area contributed by atoms with Crippen LogP contribution in [0.4, 0.5) is 0 Å². The van der Waals surface area contributed by atoms with E-state index in [4.69, 9.17) is 9.47 Å². The average molecular weight is 369 g/mol. The Morgan fingerprint density at radius 2 is 2.16 bits per heavy atom. The highest BCUT2D eigenvalue weighted by atomic mass is 35.5. The maximum absolute atomic E-state index is 12.7. The van der Waals surface area contributed by atoms with E-state index in [1.165, 1.54) is 24.0 Å². The molecule has 1 N–H and O–H groups in total. The Morgan fingerprint density at radius 3 is 2.92 bits per heavy atom. The van der Waals surface area contributed by atoms with Gasteiger partial charge in [-0.25, -0.2) is 0 Å². The van der Waals surface area contributed by atoms with Crippen molar-refractivity contribution < 1.29 is 14.3 Å². The molecule has 0 saturated heterocycles. The predicted octanol–water partition coefficient (Wildman–Crippen LogP) is 2.55. The molecule has 0 spiro atoms. The van der Waals surface area contributed by atoms with Gasteiger partial charge in [0.25, 0.3) is 0 Å². The number of nitrogens with one attached hydrogen (secondary N) is 1. The quantitative estimate of drug-likeness (QED) is 0.716. The summed E-state index contributed by atoms with van der Waals surface area (Å²) in [4.78, 5) is 14.8. The number of nitrogens with zero attached hydrogens (tertiary/aromatic N) is 1. The van der Waals surface area contributed by atoms with Gasteiger partial charge in [-0.2, -0.15) is 0 Å². The largest absolute Gasteiger partial charge is 0.493 e. The van der Waals surface area contributed by atoms with E-state index in [0.29, 0.717) is 32.3 Å². The molecule has 1 aliphatic heterocycles. The van der Waals surface area contributed by atoms with Gasteiger partial charge in [0, 0.05) is 32.7 Å². The van der Waals surface area contributed by atoms with Crippen molar-refractivity contribution in [1.29, 1.82) is 0 Å². The standard InChI is InChI=1S/C19H28N2O3.ClH/c1-23-11-9-20-13-19(22)21(17-4-2-3-5-17)14-15-6-7-18-16(12-15)8-10-24-18;/h6-7,12,17,20H,2-5,8-11,13-14H2,1H3;1H. The molecule has 0 radical (unpaired) electrons. The lowest BCUT2D eigenvalue weighted by atomic mass is 10.1. The first kappa shape index (κ1) is 20.0. The first-order valence-electron chi connectivity index (χ1n) is 9.01. The minimum absolute atomic E-state index is 0. The van der Waals surface area contributed by atoms with Crippen molar-refractivity contribution >= 4 is 18.3 Å². The summed E-state index contributed by atoms with van der Waals surface area (Å²) in [5, 5.41) is 3.18. The topological polar surface area (TPSA) is 50.8 Å². The molecule has 1 heterocycles. The zero-order chi connectivity index (χ0) is 16.8. The van der Waals surface area contributed by atoms with Gasteiger partial charge < -0.3 is 19.7 Å². The molecular formula is C19H29ClN2O3. The molecule has 1 aliphatic carbocycles. The molecule has 0 bridgehead atoms. The number of fused-ring (bicyclic) bond motifs is 1. The number of hydrogen-bond donors (Lipinski definition) is 1. The number of ether oxygens (including phenoxy) is 2. The Hall–Kier alpha value is -1.30. The van der Waals surface area contributed by atoms with Crippen molar-refractivity contribution in [3.63, 3.8) is 0 Å². The Bertz CT molecular complexity index is 562. The molecule has 1 fully saturated rings. The Labute approximate surface area is 156 Å². The first-order valence-corrected chi connectivity index (χ1v) is 9.01. The lowest BCUT2D eigenvalue weighted by Gasteiger charge is -2.29. The monoisotopic (exact) mass is 368 g/mol. The van der Waals surface area contributed by atoms with E-state index >= 15 is 0 Å². The molecule has 5 nitrogen and oxygen atoms in total. The zero-order valence-corrected chi connectivity index (χ0v) is 15.8. The predicted molar refractivity (Wildman–Crippen MR) is 100 cm³/mol. The lowest BCUT2D eigenvalue weighted by Crippen LogP contribution is -2.43. The molecule has 0 aromatic heterocycles. The Kier molecular flexibility index (Phi) is 8.00. The number of halogens is 1. The summed E-state index contributed by atoms with van der Waals surface area (Å²) in [6.07, 6.45) is 5.67. The third-order valence-electron chi connectivity index (χ3n) is 4.95. The average Bonchev–Trinajstić information content (AvgIpc) is 3.27. The second-order valence-corrected chi connectivity index (χ2v) is 6.67. The summed E-state index contributed by atoms with van der Waals surface area (Å²) < 4.78 is 10.6. The van der Waals surface area contributed by atoms with Crippen molar-refractivity contribution in [2.24, 2.45) is 0 Å². The third kappa shape index (κ3) is 5.33. The molecule has 0 atom stereocenters. The summed E-state index contributed by atoms with van der Waals surface area (Å²) in [5.74, 6) is 1.19. The number of hydrogen-bond acceptors (Lipinski definition) is 4. The second kappa shape index (κ2) is 10.00. The molecular weight excluding hydrogens is 340 g/mol. The molecule has 140 valence electrons. The SMILES string of the molecule is COCCNCC(=O)N(Cc1ccc2c(c1)CCO2)C1CCCC1.Cl. The fourth-order valence-corrected chi connectivity index (χ4v) is 3.64. The van der Waals surface area contributed by atoms with Gasteiger partial charge in [-0.15, -0.1) is 12.4 Å². The number of methoxy groups -OCH3 is 1. The van der Waals surface area contributed by atoms with Crippen molar-refractivity contribution in [3.8, 4) is 5.75 Å². The van der Waals surface area contributed by atoms with E-state index in [1.54, 1.807) is 7.11 Å². The summed E-state index contributed by atoms with van der Waals surface area (Å²) in [6, 6.07) is 6.73. The number of rotatable bonds is 8. The van der Waals surface area contributed by atoms with Gasteiger partial charge in [0.1, 0.15) is 5.75 Å². The number of benzene rings is 1. The van der Waals surface area contributed by atoms with Crippen molar-refractivity contribution in [2.75, 3.05) is 33.4 Å². The van der Waals surface area contributed by atoms with Crippen LogP contribution in [0.2, 0.25) is 0 Å². The van der Waals surface area contributed by atoms with E-state index in [2.05, 4.69) is 22.3 Å².